The van der Waals surface area contributed by atoms with Crippen molar-refractivity contribution in [2.24, 2.45) is 5.92 Å². The highest BCUT2D eigenvalue weighted by Gasteiger charge is 2.52. The van der Waals surface area contributed by atoms with E-state index in [1.165, 1.54) is 10.4 Å². The largest absolute Gasteiger partial charge is 0.405 e. The van der Waals surface area contributed by atoms with Crippen molar-refractivity contribution in [1.82, 2.24) is 24.4 Å². The van der Waals surface area contributed by atoms with Gasteiger partial charge in [-0.05, 0) is 32.1 Å². The minimum Gasteiger partial charge on any atom is -0.405 e. The van der Waals surface area contributed by atoms with Gasteiger partial charge in [0.1, 0.15) is 6.23 Å². The fraction of sp³-hybridized carbons (Fsp3) is 0.265. The second-order valence-electron chi connectivity index (χ2n) is 16.8. The van der Waals surface area contributed by atoms with Gasteiger partial charge in [0.05, 0.1) is 24.6 Å². The van der Waals surface area contributed by atoms with E-state index < -0.39 is 31.7 Å². The monoisotopic (exact) mass is 816 g/mol. The van der Waals surface area contributed by atoms with Crippen LogP contribution in [0.25, 0.3) is 11.2 Å². The molecule has 0 unspecified atom stereocenters. The summed E-state index contributed by atoms with van der Waals surface area (Å²) in [5, 5.41) is 4.87. The minimum absolute atomic E-state index is 0.0550. The number of H-pyrrole nitrogens is 1. The van der Waals surface area contributed by atoms with Gasteiger partial charge in [-0.3, -0.25) is 29.4 Å². The number of rotatable bonds is 12. The van der Waals surface area contributed by atoms with E-state index in [4.69, 9.17) is 14.1 Å². The normalized spacial score (nSPS) is 16.6. The van der Waals surface area contributed by atoms with Gasteiger partial charge in [-0.25, -0.2) is 4.98 Å². The first kappa shape index (κ1) is 40.8. The molecule has 1 fully saturated rings. The van der Waals surface area contributed by atoms with Gasteiger partial charge < -0.3 is 9.16 Å². The van der Waals surface area contributed by atoms with Crippen LogP contribution in [0, 0.1) is 5.92 Å². The van der Waals surface area contributed by atoms with Crippen LogP contribution in [-0.2, 0) is 19.5 Å². The van der Waals surface area contributed by atoms with E-state index in [9.17, 15) is 9.59 Å². The summed E-state index contributed by atoms with van der Waals surface area (Å²) in [6.07, 6.45) is 0.486. The summed E-state index contributed by atoms with van der Waals surface area (Å²) < 4.78 is 16.6. The molecule has 7 aromatic rings. The highest BCUT2D eigenvalue weighted by atomic mass is 28.4. The Balaban J connectivity index is 1.31. The Morgan fingerprint density at radius 1 is 0.783 bits per heavy atom. The molecule has 60 heavy (non-hydrogen) atoms. The highest BCUT2D eigenvalue weighted by Crippen LogP contribution is 2.45. The maximum atomic E-state index is 13.5. The van der Waals surface area contributed by atoms with Gasteiger partial charge in [0.25, 0.3) is 13.9 Å². The molecule has 306 valence electrons. The molecular weight excluding hydrogens is 765 g/mol. The molecule has 2 N–H and O–H groups in total. The van der Waals surface area contributed by atoms with Crippen LogP contribution in [0.1, 0.15) is 57.5 Å². The van der Waals surface area contributed by atoms with Crippen molar-refractivity contribution in [1.29, 1.82) is 0 Å². The number of aromatic amines is 1. The number of imidazole rings is 1. The van der Waals surface area contributed by atoms with E-state index in [-0.39, 0.29) is 34.9 Å². The lowest BCUT2D eigenvalue weighted by atomic mass is 9.75. The molecule has 0 aliphatic carbocycles. The lowest BCUT2D eigenvalue weighted by Gasteiger charge is -2.51. The van der Waals surface area contributed by atoms with Gasteiger partial charge in [-0.2, -0.15) is 4.98 Å². The van der Waals surface area contributed by atoms with E-state index in [0.29, 0.717) is 18.7 Å². The van der Waals surface area contributed by atoms with Crippen LogP contribution in [0.15, 0.2) is 163 Å². The van der Waals surface area contributed by atoms with Gasteiger partial charge in [-0.1, -0.05) is 186 Å². The molecule has 1 amide bonds. The second kappa shape index (κ2) is 16.9. The summed E-state index contributed by atoms with van der Waals surface area (Å²) in [5.74, 6) is -0.522. The van der Waals surface area contributed by atoms with Crippen molar-refractivity contribution in [3.05, 3.63) is 185 Å². The molecule has 8 rings (SSSR count). The van der Waals surface area contributed by atoms with E-state index in [1.54, 1.807) is 20.2 Å². The zero-order valence-corrected chi connectivity index (χ0v) is 35.8. The number of nitrogens with one attached hydrogen (secondary N) is 2. The molecule has 1 aliphatic rings. The fourth-order valence-corrected chi connectivity index (χ4v) is 13.5. The third-order valence-corrected chi connectivity index (χ3v) is 16.6. The topological polar surface area (TPSA) is 114 Å². The molecule has 2 atom stereocenters. The molecule has 11 heteroatoms. The summed E-state index contributed by atoms with van der Waals surface area (Å²) in [6, 6.07) is 53.1. The Kier molecular flexibility index (Phi) is 11.5. The number of morpholine rings is 1. The van der Waals surface area contributed by atoms with Crippen molar-refractivity contribution in [3.63, 3.8) is 0 Å². The van der Waals surface area contributed by atoms with Crippen molar-refractivity contribution in [3.8, 4) is 0 Å². The number of nitrogens with zero attached hydrogens (tertiary/aromatic N) is 4. The third kappa shape index (κ3) is 7.54. The number of carbonyl (C=O) groups is 1. The molecule has 1 aliphatic heterocycles. The summed E-state index contributed by atoms with van der Waals surface area (Å²) in [7, 11) is -2.98. The first-order valence-electron chi connectivity index (χ1n) is 20.6. The molecule has 0 bridgehead atoms. The van der Waals surface area contributed by atoms with Crippen LogP contribution in [0.2, 0.25) is 5.04 Å². The SMILES string of the molecule is CC(C)C(=O)Nc1nc2c(ncn2[C@H]2CN(C(c3ccccc3)(c3ccccc3)c3ccccc3)C[C@@H](CO[Si](c3ccccc3)(c3ccccc3)C(C)(C)C)O2)c(=O)[nH]1. The van der Waals surface area contributed by atoms with Crippen LogP contribution in [0.4, 0.5) is 5.95 Å². The summed E-state index contributed by atoms with van der Waals surface area (Å²) in [6.45, 7) is 11.6. The van der Waals surface area contributed by atoms with Crippen LogP contribution in [-0.4, -0.2) is 64.4 Å². The molecule has 10 nitrogen and oxygen atoms in total. The van der Waals surface area contributed by atoms with Gasteiger partial charge >= 0.3 is 0 Å². The van der Waals surface area contributed by atoms with Gasteiger partial charge in [0.15, 0.2) is 11.2 Å². The predicted octanol–water partition coefficient (Wildman–Crippen LogP) is 7.48. The van der Waals surface area contributed by atoms with Gasteiger partial charge in [-0.15, -0.1) is 0 Å². The van der Waals surface area contributed by atoms with E-state index in [1.807, 2.05) is 34.9 Å². The van der Waals surface area contributed by atoms with E-state index >= 15 is 0 Å². The van der Waals surface area contributed by atoms with E-state index in [2.05, 4.69) is 162 Å². The van der Waals surface area contributed by atoms with Crippen molar-refractivity contribution in [2.75, 3.05) is 25.0 Å². The number of hydrogen-bond acceptors (Lipinski definition) is 7. The van der Waals surface area contributed by atoms with Crippen molar-refractivity contribution in [2.45, 2.75) is 57.5 Å². The van der Waals surface area contributed by atoms with Crippen LogP contribution in [0.5, 0.6) is 0 Å². The fourth-order valence-electron chi connectivity index (χ4n) is 8.86. The average molecular weight is 817 g/mol. The summed E-state index contributed by atoms with van der Waals surface area (Å²) in [5.41, 5.74) is 2.51. The van der Waals surface area contributed by atoms with Crippen LogP contribution in [0.3, 0.4) is 0 Å². The third-order valence-electron chi connectivity index (χ3n) is 11.6. The molecule has 5 aromatic carbocycles. The number of fused-ring (bicyclic) bond motifs is 1. The lowest BCUT2D eigenvalue weighted by molar-refractivity contribution is -0.146. The first-order chi connectivity index (χ1) is 29.0. The second-order valence-corrected chi connectivity index (χ2v) is 21.1. The van der Waals surface area contributed by atoms with Crippen LogP contribution < -0.4 is 21.2 Å². The highest BCUT2D eigenvalue weighted by molar-refractivity contribution is 6.99. The van der Waals surface area contributed by atoms with Gasteiger partial charge in [0.2, 0.25) is 11.9 Å². The predicted molar refractivity (Wildman–Crippen MR) is 240 cm³/mol. The average Bonchev–Trinajstić information content (AvgIpc) is 3.70. The lowest BCUT2D eigenvalue weighted by Crippen LogP contribution is -2.67. The molecule has 2 aromatic heterocycles. The number of aromatic nitrogens is 4. The Morgan fingerprint density at radius 3 is 1.73 bits per heavy atom. The molecule has 0 radical (unpaired) electrons. The number of amides is 1. The smallest absolute Gasteiger partial charge is 0.280 e. The Labute approximate surface area is 352 Å². The van der Waals surface area contributed by atoms with Gasteiger partial charge in [0, 0.05) is 19.0 Å². The minimum atomic E-state index is -2.98. The Bertz CT molecular complexity index is 2440. The zero-order chi connectivity index (χ0) is 41.9. The summed E-state index contributed by atoms with van der Waals surface area (Å²) in [4.78, 5) is 40.8. The number of carbonyl (C=O) groups excluding carboxylic acids is 1. The number of ether oxygens (including phenoxy) is 1. The quantitative estimate of drug-likeness (QED) is 0.0972. The molecule has 0 saturated carbocycles. The Morgan fingerprint density at radius 2 is 1.27 bits per heavy atom. The maximum absolute atomic E-state index is 13.5. The summed E-state index contributed by atoms with van der Waals surface area (Å²) >= 11 is 0. The first-order valence-corrected chi connectivity index (χ1v) is 22.5. The zero-order valence-electron chi connectivity index (χ0n) is 34.8. The molecule has 0 spiro atoms. The standard InChI is InChI=1S/C49H52N6O4Si/c1-35(2)45(56)52-47-51-44-43(46(57)53-47)50-34-55(44)42-32-54(49(36-21-11-6-12-22-36,37-23-13-7-14-24-37)38-25-15-8-16-26-38)31-39(59-42)33-58-60(48(3,4)5,40-27-17-9-18-28-40)41-29-19-10-20-30-41/h6-30,34-35,39,42H,31-33H2,1-5H3,(H2,51,52,53,56,57)/t39-,42+/m0/s1. The van der Waals surface area contributed by atoms with Crippen molar-refractivity contribution >= 4 is 41.7 Å². The Hall–Kier alpha value is -5.98. The molecular formula is C49H52N6O4Si. The molecule has 1 saturated heterocycles. The van der Waals surface area contributed by atoms with E-state index in [0.717, 1.165) is 16.7 Å². The van der Waals surface area contributed by atoms with Crippen LogP contribution >= 0.6 is 0 Å². The maximum Gasteiger partial charge on any atom is 0.280 e. The number of anilines is 1. The number of benzene rings is 5. The van der Waals surface area contributed by atoms with Crippen molar-refractivity contribution < 1.29 is 14.0 Å². The number of hydrogen-bond donors (Lipinski definition) is 2. The molecule has 3 heterocycles.